The number of halogens is 1. The Morgan fingerprint density at radius 2 is 2.16 bits per heavy atom. The van der Waals surface area contributed by atoms with Gasteiger partial charge in [-0.2, -0.15) is 0 Å². The summed E-state index contributed by atoms with van der Waals surface area (Å²) in [6.45, 7) is 5.47. The molecule has 1 saturated heterocycles. The normalized spacial score (nSPS) is 15.3. The maximum Gasteiger partial charge on any atom is 0.344 e. The number of hydrogen-bond acceptors (Lipinski definition) is 5. The van der Waals surface area contributed by atoms with Crippen molar-refractivity contribution in [2.45, 2.75) is 6.92 Å². The van der Waals surface area contributed by atoms with E-state index in [-0.39, 0.29) is 18.8 Å². The zero-order valence-corrected chi connectivity index (χ0v) is 15.2. The van der Waals surface area contributed by atoms with Crippen molar-refractivity contribution in [3.05, 3.63) is 46.6 Å². The molecule has 0 spiro atoms. The molecule has 1 fully saturated rings. The lowest BCUT2D eigenvalue weighted by atomic mass is 10.2. The molecule has 2 rings (SSSR count). The van der Waals surface area contributed by atoms with E-state index in [1.165, 1.54) is 6.08 Å². The molecule has 0 atom stereocenters. The van der Waals surface area contributed by atoms with Gasteiger partial charge in [-0.05, 0) is 46.6 Å². The summed E-state index contributed by atoms with van der Waals surface area (Å²) < 4.78 is 10.8. The highest BCUT2D eigenvalue weighted by atomic mass is 79.9. The van der Waals surface area contributed by atoms with Crippen molar-refractivity contribution in [1.29, 1.82) is 0 Å². The molecule has 0 bridgehead atoms. The van der Waals surface area contributed by atoms with Crippen LogP contribution >= 0.6 is 15.9 Å². The van der Waals surface area contributed by atoms with Gasteiger partial charge in [0.05, 0.1) is 11.1 Å². The highest BCUT2D eigenvalue weighted by Gasteiger charge is 2.32. The molecule has 132 valence electrons. The van der Waals surface area contributed by atoms with E-state index < -0.39 is 17.9 Å². The molecule has 1 heterocycles. The van der Waals surface area contributed by atoms with Crippen LogP contribution in [0, 0.1) is 0 Å². The molecule has 8 heteroatoms. The van der Waals surface area contributed by atoms with Crippen LogP contribution in [0.5, 0.6) is 5.75 Å². The smallest absolute Gasteiger partial charge is 0.344 e. The van der Waals surface area contributed by atoms with Crippen LogP contribution < -0.4 is 10.1 Å². The van der Waals surface area contributed by atoms with Crippen LogP contribution in [0.3, 0.4) is 0 Å². The van der Waals surface area contributed by atoms with Crippen molar-refractivity contribution in [3.8, 4) is 5.75 Å². The number of hydrogen-bond donors (Lipinski definition) is 1. The summed E-state index contributed by atoms with van der Waals surface area (Å²) in [7, 11) is 0. The van der Waals surface area contributed by atoms with Gasteiger partial charge in [0.2, 0.25) is 0 Å². The molecule has 1 aliphatic rings. The zero-order valence-electron chi connectivity index (χ0n) is 13.6. The zero-order chi connectivity index (χ0) is 18.4. The topological polar surface area (TPSA) is 84.9 Å². The van der Waals surface area contributed by atoms with Crippen LogP contribution in [-0.4, -0.2) is 42.6 Å². The number of imide groups is 1. The highest BCUT2D eigenvalue weighted by molar-refractivity contribution is 9.10. The standard InChI is InChI=1S/C17H17BrN2O5/c1-3-7-20-16(22)13(19-17(20)23)9-11-5-6-14(12(18)8-11)25-10-15(21)24-4-2/h3,5-6,8-9H,1,4,7,10H2,2H3,(H,19,23)/b13-9+. The average Bonchev–Trinajstić information content (AvgIpc) is 2.82. The van der Waals surface area contributed by atoms with Crippen LogP contribution in [-0.2, 0) is 14.3 Å². The van der Waals surface area contributed by atoms with Crippen molar-refractivity contribution >= 4 is 39.9 Å². The molecule has 0 radical (unpaired) electrons. The third-order valence-corrected chi connectivity index (χ3v) is 3.81. The monoisotopic (exact) mass is 408 g/mol. The van der Waals surface area contributed by atoms with Gasteiger partial charge in [-0.25, -0.2) is 9.59 Å². The van der Waals surface area contributed by atoms with Gasteiger partial charge in [0.1, 0.15) is 11.4 Å². The predicted molar refractivity (Wildman–Crippen MR) is 94.7 cm³/mol. The molecule has 0 saturated carbocycles. The van der Waals surface area contributed by atoms with Gasteiger partial charge in [0.25, 0.3) is 5.91 Å². The van der Waals surface area contributed by atoms with Gasteiger partial charge in [0, 0.05) is 6.54 Å². The van der Waals surface area contributed by atoms with Crippen LogP contribution in [0.1, 0.15) is 12.5 Å². The third kappa shape index (κ3) is 4.69. The fourth-order valence-corrected chi connectivity index (χ4v) is 2.61. The van der Waals surface area contributed by atoms with Crippen molar-refractivity contribution in [2.75, 3.05) is 19.8 Å². The molecule has 0 unspecified atom stereocenters. The van der Waals surface area contributed by atoms with E-state index >= 15 is 0 Å². The lowest BCUT2D eigenvalue weighted by Gasteiger charge is -2.08. The minimum Gasteiger partial charge on any atom is -0.481 e. The first-order chi connectivity index (χ1) is 12.0. The molecule has 1 N–H and O–H groups in total. The Bertz CT molecular complexity index is 745. The van der Waals surface area contributed by atoms with Gasteiger partial charge >= 0.3 is 12.0 Å². The second kappa shape index (κ2) is 8.48. The van der Waals surface area contributed by atoms with Gasteiger partial charge in [-0.3, -0.25) is 9.69 Å². The number of carbonyl (C=O) groups excluding carboxylic acids is 3. The number of nitrogens with zero attached hydrogens (tertiary/aromatic N) is 1. The molecule has 0 aliphatic carbocycles. The molecule has 1 aromatic rings. The number of rotatable bonds is 7. The van der Waals surface area contributed by atoms with Gasteiger partial charge in [0.15, 0.2) is 6.61 Å². The first kappa shape index (κ1) is 18.7. The molecular weight excluding hydrogens is 392 g/mol. The Balaban J connectivity index is 2.10. The van der Waals surface area contributed by atoms with E-state index in [2.05, 4.69) is 27.8 Å². The molecular formula is C17H17BrN2O5. The van der Waals surface area contributed by atoms with Crippen LogP contribution in [0.25, 0.3) is 6.08 Å². The number of benzene rings is 1. The summed E-state index contributed by atoms with van der Waals surface area (Å²) in [5.41, 5.74) is 0.860. The van der Waals surface area contributed by atoms with Crippen molar-refractivity contribution in [3.63, 3.8) is 0 Å². The summed E-state index contributed by atoms with van der Waals surface area (Å²) in [5.74, 6) is -0.406. The lowest BCUT2D eigenvalue weighted by molar-refractivity contribution is -0.145. The minimum absolute atomic E-state index is 0.145. The summed E-state index contributed by atoms with van der Waals surface area (Å²) in [6.07, 6.45) is 3.04. The second-order valence-corrected chi connectivity index (χ2v) is 5.83. The maximum atomic E-state index is 12.1. The van der Waals surface area contributed by atoms with Crippen LogP contribution in [0.4, 0.5) is 4.79 Å². The Kier molecular flexibility index (Phi) is 6.35. The van der Waals surface area contributed by atoms with E-state index in [1.807, 2.05) is 0 Å². The van der Waals surface area contributed by atoms with Gasteiger partial charge < -0.3 is 14.8 Å². The van der Waals surface area contributed by atoms with E-state index in [0.717, 1.165) is 4.90 Å². The SMILES string of the molecule is C=CCN1C(=O)N/C(=C/c2ccc(OCC(=O)OCC)c(Br)c2)C1=O. The van der Waals surface area contributed by atoms with E-state index in [0.29, 0.717) is 22.4 Å². The van der Waals surface area contributed by atoms with E-state index in [4.69, 9.17) is 9.47 Å². The fourth-order valence-electron chi connectivity index (χ4n) is 2.10. The summed E-state index contributed by atoms with van der Waals surface area (Å²) in [4.78, 5) is 36.2. The summed E-state index contributed by atoms with van der Waals surface area (Å²) in [5, 5.41) is 2.52. The maximum absolute atomic E-state index is 12.1. The Morgan fingerprint density at radius 3 is 2.80 bits per heavy atom. The lowest BCUT2D eigenvalue weighted by Crippen LogP contribution is -2.30. The quantitative estimate of drug-likeness (QED) is 0.324. The summed E-state index contributed by atoms with van der Waals surface area (Å²) >= 11 is 3.35. The van der Waals surface area contributed by atoms with Crippen LogP contribution in [0.15, 0.2) is 41.0 Å². The Hall–Kier alpha value is -2.61. The number of urea groups is 1. The summed E-state index contributed by atoms with van der Waals surface area (Å²) in [6, 6.07) is 4.58. The Morgan fingerprint density at radius 1 is 1.40 bits per heavy atom. The first-order valence-corrected chi connectivity index (χ1v) is 8.29. The molecule has 1 aromatic carbocycles. The van der Waals surface area contributed by atoms with Crippen LogP contribution in [0.2, 0.25) is 0 Å². The molecule has 3 amide bonds. The molecule has 7 nitrogen and oxygen atoms in total. The molecule has 25 heavy (non-hydrogen) atoms. The number of carbonyl (C=O) groups is 3. The third-order valence-electron chi connectivity index (χ3n) is 3.19. The Labute approximate surface area is 153 Å². The molecule has 1 aliphatic heterocycles. The number of ether oxygens (including phenoxy) is 2. The predicted octanol–water partition coefficient (Wildman–Crippen LogP) is 2.47. The first-order valence-electron chi connectivity index (χ1n) is 7.49. The van der Waals surface area contributed by atoms with Crippen molar-refractivity contribution in [1.82, 2.24) is 10.2 Å². The fraction of sp³-hybridized carbons (Fsp3) is 0.235. The van der Waals surface area contributed by atoms with E-state index in [9.17, 15) is 14.4 Å². The van der Waals surface area contributed by atoms with E-state index in [1.54, 1.807) is 31.2 Å². The van der Waals surface area contributed by atoms with Gasteiger partial charge in [-0.1, -0.05) is 12.1 Å². The molecule has 0 aromatic heterocycles. The largest absolute Gasteiger partial charge is 0.481 e. The second-order valence-electron chi connectivity index (χ2n) is 4.98. The number of esters is 1. The number of nitrogens with one attached hydrogen (secondary N) is 1. The van der Waals surface area contributed by atoms with Crippen molar-refractivity contribution in [2.24, 2.45) is 0 Å². The van der Waals surface area contributed by atoms with Crippen molar-refractivity contribution < 1.29 is 23.9 Å². The average molecular weight is 409 g/mol. The van der Waals surface area contributed by atoms with Gasteiger partial charge in [-0.15, -0.1) is 6.58 Å². The number of amides is 3. The minimum atomic E-state index is -0.482. The highest BCUT2D eigenvalue weighted by Crippen LogP contribution is 2.27.